The van der Waals surface area contributed by atoms with E-state index in [4.69, 9.17) is 9.47 Å². The predicted octanol–water partition coefficient (Wildman–Crippen LogP) is 2.06. The Morgan fingerprint density at radius 1 is 1.23 bits per heavy atom. The van der Waals surface area contributed by atoms with Gasteiger partial charge in [-0.1, -0.05) is 6.07 Å². The van der Waals surface area contributed by atoms with E-state index in [1.54, 1.807) is 38.4 Å². The van der Waals surface area contributed by atoms with Crippen LogP contribution < -0.4 is 19.4 Å². The molecule has 2 rings (SSSR count). The second-order valence-electron chi connectivity index (χ2n) is 4.71. The number of hydrogen-bond donors (Lipinski definition) is 0. The van der Waals surface area contributed by atoms with E-state index in [0.29, 0.717) is 23.9 Å². The van der Waals surface area contributed by atoms with Crippen molar-refractivity contribution in [3.8, 4) is 11.5 Å². The maximum atomic E-state index is 11.1. The van der Waals surface area contributed by atoms with Crippen LogP contribution in [0.5, 0.6) is 11.5 Å². The normalized spacial score (nSPS) is 10.1. The van der Waals surface area contributed by atoms with Crippen molar-refractivity contribution in [1.29, 1.82) is 0 Å². The molecule has 0 saturated carbocycles. The van der Waals surface area contributed by atoms with Crippen LogP contribution >= 0.6 is 0 Å². The zero-order chi connectivity index (χ0) is 16.1. The number of methoxy groups -OCH3 is 2. The average Bonchev–Trinajstić information content (AvgIpc) is 2.54. The molecule has 0 aliphatic carbocycles. The summed E-state index contributed by atoms with van der Waals surface area (Å²) in [6, 6.07) is 8.63. The maximum absolute atomic E-state index is 11.1. The summed E-state index contributed by atoms with van der Waals surface area (Å²) in [5.74, 6) is 1.72. The van der Waals surface area contributed by atoms with Crippen molar-refractivity contribution in [2.24, 2.45) is 0 Å². The third-order valence-electron chi connectivity index (χ3n) is 3.26. The van der Waals surface area contributed by atoms with Crippen molar-refractivity contribution in [3.63, 3.8) is 0 Å². The molecule has 1 N–H and O–H groups in total. The molecule has 0 atom stereocenters. The number of hydrogen-bond acceptors (Lipinski definition) is 5. The lowest BCUT2D eigenvalue weighted by atomic mass is 10.2. The number of rotatable bonds is 6. The van der Waals surface area contributed by atoms with Gasteiger partial charge in [-0.15, -0.1) is 0 Å². The molecule has 0 saturated heterocycles. The Bertz CT molecular complexity index is 676. The minimum atomic E-state index is -0.406. The first kappa shape index (κ1) is 15.6. The summed E-state index contributed by atoms with van der Waals surface area (Å²) >= 11 is 0. The van der Waals surface area contributed by atoms with Crippen molar-refractivity contribution < 1.29 is 19.4 Å². The topological polar surface area (TPSA) is 79.0 Å². The molecule has 0 unspecified atom stereocenters. The van der Waals surface area contributed by atoms with Crippen LogP contribution in [0.1, 0.15) is 5.56 Å². The number of benzene rings is 1. The van der Waals surface area contributed by atoms with E-state index in [-0.39, 0.29) is 5.69 Å². The molecule has 1 heterocycles. The zero-order valence-electron chi connectivity index (χ0n) is 12.7. The van der Waals surface area contributed by atoms with Crippen LogP contribution in [0, 0.1) is 10.1 Å². The van der Waals surface area contributed by atoms with Gasteiger partial charge in [-0.25, -0.2) is 4.98 Å². The average molecular weight is 304 g/mol. The number of nitro groups is 1. The number of H-pyrrole nitrogens is 1. The molecule has 0 fully saturated rings. The monoisotopic (exact) mass is 304 g/mol. The highest BCUT2D eigenvalue weighted by atomic mass is 16.6. The van der Waals surface area contributed by atoms with Gasteiger partial charge >= 0.3 is 11.5 Å². The van der Waals surface area contributed by atoms with Gasteiger partial charge < -0.3 is 9.47 Å². The van der Waals surface area contributed by atoms with Crippen LogP contribution in [0.25, 0.3) is 0 Å². The maximum Gasteiger partial charge on any atom is 0.357 e. The fourth-order valence-electron chi connectivity index (χ4n) is 2.20. The molecule has 1 aromatic heterocycles. The molecule has 116 valence electrons. The Morgan fingerprint density at radius 2 is 1.95 bits per heavy atom. The van der Waals surface area contributed by atoms with Gasteiger partial charge in [0.1, 0.15) is 6.54 Å². The summed E-state index contributed by atoms with van der Waals surface area (Å²) in [7, 11) is 4.93. The molecule has 7 heteroatoms. The first-order valence-corrected chi connectivity index (χ1v) is 6.64. The van der Waals surface area contributed by atoms with E-state index in [1.807, 2.05) is 18.2 Å². The Kier molecular flexibility index (Phi) is 4.77. The van der Waals surface area contributed by atoms with Crippen molar-refractivity contribution in [1.82, 2.24) is 0 Å². The Balaban J connectivity index is 2.26. The van der Waals surface area contributed by atoms with Crippen LogP contribution in [0.15, 0.2) is 36.5 Å². The molecule has 0 radical (unpaired) electrons. The molecule has 0 bridgehead atoms. The van der Waals surface area contributed by atoms with Gasteiger partial charge in [0.05, 0.1) is 32.4 Å². The molecule has 1 aromatic carbocycles. The number of nitrogens with zero attached hydrogens (tertiary/aromatic N) is 2. The van der Waals surface area contributed by atoms with Crippen LogP contribution in [-0.4, -0.2) is 26.2 Å². The van der Waals surface area contributed by atoms with Gasteiger partial charge in [-0.05, 0) is 23.8 Å². The minimum absolute atomic E-state index is 0.0328. The van der Waals surface area contributed by atoms with Crippen molar-refractivity contribution in [2.45, 2.75) is 6.54 Å². The number of aromatic amines is 1. The lowest BCUT2D eigenvalue weighted by Crippen LogP contribution is -2.25. The molecule has 2 aromatic rings. The van der Waals surface area contributed by atoms with Crippen molar-refractivity contribution in [3.05, 3.63) is 52.2 Å². The van der Waals surface area contributed by atoms with Gasteiger partial charge in [0.15, 0.2) is 11.5 Å². The highest BCUT2D eigenvalue weighted by Gasteiger charge is 2.24. The number of ether oxygens (including phenoxy) is 2. The standard InChI is InChI=1S/C15H17N3O4/c1-17(15-12(18(19)20)5-4-8-16-15)10-11-6-7-13(21-2)14(9-11)22-3/h4-9H,10H2,1-3H3/p+1. The number of pyridine rings is 1. The molecule has 0 spiro atoms. The van der Waals surface area contributed by atoms with Crippen LogP contribution in [0.2, 0.25) is 0 Å². The molecular weight excluding hydrogens is 286 g/mol. The quantitative estimate of drug-likeness (QED) is 0.603. The number of aromatic nitrogens is 1. The lowest BCUT2D eigenvalue weighted by molar-refractivity contribution is -0.411. The third kappa shape index (κ3) is 3.25. The molecule has 0 amide bonds. The Labute approximate surface area is 128 Å². The summed E-state index contributed by atoms with van der Waals surface area (Å²) in [5.41, 5.74) is 0.983. The van der Waals surface area contributed by atoms with Crippen molar-refractivity contribution in [2.75, 3.05) is 26.2 Å². The highest BCUT2D eigenvalue weighted by Crippen LogP contribution is 2.29. The first-order valence-electron chi connectivity index (χ1n) is 6.64. The Hall–Kier alpha value is -2.83. The van der Waals surface area contributed by atoms with Gasteiger partial charge in [0.2, 0.25) is 0 Å². The first-order chi connectivity index (χ1) is 10.6. The molecule has 7 nitrogen and oxygen atoms in total. The largest absolute Gasteiger partial charge is 0.493 e. The summed E-state index contributed by atoms with van der Waals surface area (Å²) < 4.78 is 10.5. The second kappa shape index (κ2) is 6.75. The lowest BCUT2D eigenvalue weighted by Gasteiger charge is -2.13. The van der Waals surface area contributed by atoms with Gasteiger partial charge in [0.25, 0.3) is 0 Å². The molecule has 22 heavy (non-hydrogen) atoms. The van der Waals surface area contributed by atoms with Gasteiger partial charge in [0, 0.05) is 6.07 Å². The highest BCUT2D eigenvalue weighted by molar-refractivity contribution is 5.53. The smallest absolute Gasteiger partial charge is 0.357 e. The molecule has 0 aliphatic heterocycles. The van der Waals surface area contributed by atoms with E-state index < -0.39 is 4.92 Å². The van der Waals surface area contributed by atoms with E-state index in [9.17, 15) is 10.1 Å². The van der Waals surface area contributed by atoms with Gasteiger partial charge in [-0.2, -0.15) is 0 Å². The van der Waals surface area contributed by atoms with Crippen molar-refractivity contribution >= 4 is 11.5 Å². The van der Waals surface area contributed by atoms with Crippen LogP contribution in [0.3, 0.4) is 0 Å². The number of anilines is 1. The molecule has 0 aliphatic rings. The fraction of sp³-hybridized carbons (Fsp3) is 0.267. The predicted molar refractivity (Wildman–Crippen MR) is 81.3 cm³/mol. The van der Waals surface area contributed by atoms with Crippen LogP contribution in [0.4, 0.5) is 11.5 Å². The molecular formula is C15H18N3O4+. The summed E-state index contributed by atoms with van der Waals surface area (Å²) in [4.78, 5) is 15.4. The van der Waals surface area contributed by atoms with E-state index in [0.717, 1.165) is 5.56 Å². The summed E-state index contributed by atoms with van der Waals surface area (Å²) in [6.07, 6.45) is 1.66. The number of nitrogens with one attached hydrogen (secondary N) is 1. The SMILES string of the molecule is COc1ccc(CN(C)c2[nH+]cccc2[N+](=O)[O-])cc1OC. The summed E-state index contributed by atoms with van der Waals surface area (Å²) in [6.45, 7) is 0.488. The van der Waals surface area contributed by atoms with E-state index in [2.05, 4.69) is 4.98 Å². The fourth-order valence-corrected chi connectivity index (χ4v) is 2.20. The zero-order valence-corrected chi connectivity index (χ0v) is 12.7. The van der Waals surface area contributed by atoms with Gasteiger partial charge in [-0.3, -0.25) is 15.0 Å². The minimum Gasteiger partial charge on any atom is -0.493 e. The Morgan fingerprint density at radius 3 is 2.59 bits per heavy atom. The third-order valence-corrected chi connectivity index (χ3v) is 3.26. The van der Waals surface area contributed by atoms with E-state index >= 15 is 0 Å². The van der Waals surface area contributed by atoms with Crippen LogP contribution in [-0.2, 0) is 6.54 Å². The second-order valence-corrected chi connectivity index (χ2v) is 4.71. The summed E-state index contributed by atoms with van der Waals surface area (Å²) in [5, 5.41) is 11.1. The van der Waals surface area contributed by atoms with E-state index in [1.165, 1.54) is 6.07 Å².